The lowest BCUT2D eigenvalue weighted by molar-refractivity contribution is 0.587. The zero-order valence-corrected chi connectivity index (χ0v) is 22.3. The summed E-state index contributed by atoms with van der Waals surface area (Å²) in [5.74, 6) is 0. The molecule has 0 spiro atoms. The van der Waals surface area contributed by atoms with Gasteiger partial charge < -0.3 is 0 Å². The fourth-order valence-corrected chi connectivity index (χ4v) is 7.36. The molecule has 0 amide bonds. The highest BCUT2D eigenvalue weighted by Crippen LogP contribution is 2.61. The number of rotatable bonds is 3. The van der Waals surface area contributed by atoms with E-state index >= 15 is 0 Å². The van der Waals surface area contributed by atoms with Crippen LogP contribution in [-0.2, 0) is 17.0 Å². The molecule has 0 saturated carbocycles. The first-order chi connectivity index (χ1) is 13.4. The molecule has 0 atom stereocenters. The minimum Gasteiger partial charge on any atom is -0.255 e. The maximum atomic E-state index is 5.16. The van der Waals surface area contributed by atoms with Crippen molar-refractivity contribution in [3.05, 3.63) is 47.3 Å². The van der Waals surface area contributed by atoms with Crippen molar-refractivity contribution >= 4 is 7.92 Å². The van der Waals surface area contributed by atoms with Crippen LogP contribution in [0.1, 0.15) is 99.9 Å². The summed E-state index contributed by atoms with van der Waals surface area (Å²) in [6.07, 6.45) is 2.97. The minimum atomic E-state index is -0.256. The van der Waals surface area contributed by atoms with E-state index < -0.39 is 0 Å². The van der Waals surface area contributed by atoms with Gasteiger partial charge in [-0.15, -0.1) is 0 Å². The van der Waals surface area contributed by atoms with E-state index in [1.165, 1.54) is 16.8 Å². The van der Waals surface area contributed by atoms with Crippen LogP contribution in [0.5, 0.6) is 0 Å². The highest BCUT2D eigenvalue weighted by Gasteiger charge is 2.34. The van der Waals surface area contributed by atoms with Crippen LogP contribution in [0.2, 0.25) is 0 Å². The van der Waals surface area contributed by atoms with Crippen LogP contribution in [0.4, 0.5) is 0 Å². The molecule has 0 bridgehead atoms. The molecule has 2 aromatic heterocycles. The summed E-state index contributed by atoms with van der Waals surface area (Å²) < 4.78 is 0. The molecule has 3 heteroatoms. The topological polar surface area (TPSA) is 25.8 Å². The van der Waals surface area contributed by atoms with Gasteiger partial charge in [-0.1, -0.05) is 91.0 Å². The molecule has 2 heterocycles. The molecule has 2 aromatic rings. The first-order valence-corrected chi connectivity index (χ1v) is 12.7. The number of hydrogen-bond donors (Lipinski definition) is 0. The van der Waals surface area contributed by atoms with Gasteiger partial charge in [0.05, 0.1) is 11.4 Å². The van der Waals surface area contributed by atoms with Crippen LogP contribution >= 0.6 is 7.92 Å². The van der Waals surface area contributed by atoms with Crippen LogP contribution in [0.25, 0.3) is 11.4 Å². The van der Waals surface area contributed by atoms with Gasteiger partial charge in [0.1, 0.15) is 0 Å². The van der Waals surface area contributed by atoms with E-state index in [0.717, 1.165) is 17.5 Å². The molecule has 0 fully saturated rings. The predicted molar refractivity (Wildman–Crippen MR) is 135 cm³/mol. The molecule has 0 radical (unpaired) electrons. The molecule has 0 saturated heterocycles. The molecule has 0 N–H and O–H groups in total. The summed E-state index contributed by atoms with van der Waals surface area (Å²) in [5, 5.41) is 0.551. The molecule has 2 nitrogen and oxygen atoms in total. The Labute approximate surface area is 187 Å². The Bertz CT molecular complexity index is 857. The molecular weight excluding hydrogens is 383 g/mol. The Morgan fingerprint density at radius 2 is 1.17 bits per heavy atom. The van der Waals surface area contributed by atoms with Crippen molar-refractivity contribution in [3.8, 4) is 11.4 Å². The van der Waals surface area contributed by atoms with Gasteiger partial charge in [-0.05, 0) is 56.5 Å². The van der Waals surface area contributed by atoms with Crippen molar-refractivity contribution in [1.29, 1.82) is 0 Å². The van der Waals surface area contributed by atoms with Gasteiger partial charge in [0.25, 0.3) is 0 Å². The van der Waals surface area contributed by atoms with E-state index in [0.29, 0.717) is 0 Å². The zero-order valence-electron chi connectivity index (χ0n) is 21.4. The quantitative estimate of drug-likeness (QED) is 0.461. The number of aromatic nitrogens is 2. The summed E-state index contributed by atoms with van der Waals surface area (Å²) in [4.78, 5) is 9.87. The molecule has 0 aliphatic rings. The summed E-state index contributed by atoms with van der Waals surface area (Å²) in [7, 11) is -0.256. The van der Waals surface area contributed by atoms with Gasteiger partial charge in [0.15, 0.2) is 0 Å². The third-order valence-corrected chi connectivity index (χ3v) is 9.45. The van der Waals surface area contributed by atoms with Crippen molar-refractivity contribution in [2.75, 3.05) is 0 Å². The van der Waals surface area contributed by atoms with Gasteiger partial charge in [-0.25, -0.2) is 0 Å². The van der Waals surface area contributed by atoms with E-state index in [2.05, 4.69) is 107 Å². The Balaban J connectivity index is 2.62. The van der Waals surface area contributed by atoms with Gasteiger partial charge in [0, 0.05) is 18.1 Å². The van der Waals surface area contributed by atoms with Crippen molar-refractivity contribution < 1.29 is 0 Å². The largest absolute Gasteiger partial charge is 0.255 e. The summed E-state index contributed by atoms with van der Waals surface area (Å²) in [5.41, 5.74) is 5.98. The lowest BCUT2D eigenvalue weighted by Crippen LogP contribution is -2.26. The van der Waals surface area contributed by atoms with E-state index in [1.54, 1.807) is 0 Å². The van der Waals surface area contributed by atoms with Gasteiger partial charge in [-0.3, -0.25) is 9.97 Å². The highest BCUT2D eigenvalue weighted by molar-refractivity contribution is 7.60. The number of nitrogens with zero attached hydrogens (tertiary/aromatic N) is 2. The van der Waals surface area contributed by atoms with Crippen LogP contribution in [-0.4, -0.2) is 20.3 Å². The predicted octanol–water partition coefficient (Wildman–Crippen LogP) is 8.32. The second-order valence-corrected chi connectivity index (χ2v) is 16.4. The second kappa shape index (κ2) is 8.34. The van der Waals surface area contributed by atoms with Gasteiger partial charge in [-0.2, -0.15) is 0 Å². The third-order valence-electron chi connectivity index (χ3n) is 5.57. The summed E-state index contributed by atoms with van der Waals surface area (Å²) in [6, 6.07) is 8.92. The van der Waals surface area contributed by atoms with Crippen LogP contribution in [0.3, 0.4) is 0 Å². The molecule has 2 rings (SSSR count). The third kappa shape index (κ3) is 6.36. The smallest absolute Gasteiger partial charge is 0.0892 e. The first-order valence-electron chi connectivity index (χ1n) is 11.2. The van der Waals surface area contributed by atoms with E-state index in [-0.39, 0.29) is 29.1 Å². The monoisotopic (exact) mass is 426 g/mol. The maximum Gasteiger partial charge on any atom is 0.0892 e. The maximum absolute atomic E-state index is 5.16. The van der Waals surface area contributed by atoms with E-state index in [4.69, 9.17) is 9.97 Å². The van der Waals surface area contributed by atoms with Crippen molar-refractivity contribution in [2.24, 2.45) is 0 Å². The lowest BCUT2D eigenvalue weighted by Gasteiger charge is -2.41. The number of hydrogen-bond acceptors (Lipinski definition) is 2. The standard InChI is InChI=1S/C27H43N2P/c1-24(2,3)19-13-14-28-22(16-19)23-17-20(25(4,5)6)15-21(29-23)18-30(26(7,8)9)27(10,11)12/h13-17H,18H2,1-12H3. The normalized spacial score (nSPS) is 13.8. The van der Waals surface area contributed by atoms with Crippen molar-refractivity contribution in [2.45, 2.75) is 110 Å². The van der Waals surface area contributed by atoms with E-state index in [9.17, 15) is 0 Å². The average molecular weight is 427 g/mol. The lowest BCUT2D eigenvalue weighted by atomic mass is 9.85. The Kier molecular flexibility index (Phi) is 6.95. The molecule has 166 valence electrons. The molecule has 0 unspecified atom stereocenters. The Morgan fingerprint density at radius 3 is 1.63 bits per heavy atom. The van der Waals surface area contributed by atoms with Crippen molar-refractivity contribution in [3.63, 3.8) is 0 Å². The van der Waals surface area contributed by atoms with Gasteiger partial charge in [0.2, 0.25) is 0 Å². The fraction of sp³-hybridized carbons (Fsp3) is 0.630. The SMILES string of the molecule is CC(C)(C)c1ccnc(-c2cc(C(C)(C)C)cc(CP(C(C)(C)C)C(C)(C)C)n2)c1. The van der Waals surface area contributed by atoms with Gasteiger partial charge >= 0.3 is 0 Å². The second-order valence-electron chi connectivity index (χ2n) is 12.6. The molecular formula is C27H43N2P. The molecule has 30 heavy (non-hydrogen) atoms. The Morgan fingerprint density at radius 1 is 0.667 bits per heavy atom. The zero-order chi connectivity index (χ0) is 23.1. The molecule has 0 aliphatic carbocycles. The molecule has 0 aliphatic heterocycles. The molecule has 0 aromatic carbocycles. The average Bonchev–Trinajstić information content (AvgIpc) is 2.56. The number of pyridine rings is 2. The Hall–Kier alpha value is -1.27. The van der Waals surface area contributed by atoms with Crippen LogP contribution < -0.4 is 0 Å². The fourth-order valence-electron chi connectivity index (χ4n) is 3.91. The first kappa shape index (κ1) is 25.0. The van der Waals surface area contributed by atoms with Crippen LogP contribution in [0.15, 0.2) is 30.5 Å². The minimum absolute atomic E-state index is 0.0697. The summed E-state index contributed by atoms with van der Waals surface area (Å²) in [6.45, 7) is 27.9. The van der Waals surface area contributed by atoms with Crippen LogP contribution in [0, 0.1) is 0 Å². The summed E-state index contributed by atoms with van der Waals surface area (Å²) >= 11 is 0. The van der Waals surface area contributed by atoms with E-state index in [1.807, 2.05) is 6.20 Å². The van der Waals surface area contributed by atoms with Crippen molar-refractivity contribution in [1.82, 2.24) is 9.97 Å². The highest BCUT2D eigenvalue weighted by atomic mass is 31.1.